The minimum absolute atomic E-state index is 0.204. The number of hydrogen-bond acceptors (Lipinski definition) is 6. The fraction of sp³-hybridized carbons (Fsp3) is 0.882. The van der Waals surface area contributed by atoms with E-state index in [2.05, 4.69) is 10.2 Å². The van der Waals surface area contributed by atoms with Gasteiger partial charge in [-0.05, 0) is 62.7 Å². The molecule has 1 aliphatic heterocycles. The summed E-state index contributed by atoms with van der Waals surface area (Å²) >= 11 is 1.63. The SMILES string of the molecule is C1C[C@H](CSc2nnc(C34CC5CC(CC(C5)C3)C4)o2)OCO1. The smallest absolute Gasteiger partial charge is 0.276 e. The number of hydrogen-bond donors (Lipinski definition) is 0. The van der Waals surface area contributed by atoms with Crippen molar-refractivity contribution >= 4 is 11.8 Å². The number of aromatic nitrogens is 2. The summed E-state index contributed by atoms with van der Waals surface area (Å²) in [6, 6.07) is 0. The molecule has 5 fully saturated rings. The predicted molar refractivity (Wildman–Crippen MR) is 85.2 cm³/mol. The van der Waals surface area contributed by atoms with E-state index in [1.807, 2.05) is 0 Å². The lowest BCUT2D eigenvalue weighted by Crippen LogP contribution is -2.48. The Balaban J connectivity index is 1.28. The van der Waals surface area contributed by atoms with E-state index in [9.17, 15) is 0 Å². The van der Waals surface area contributed by atoms with Gasteiger partial charge >= 0.3 is 0 Å². The molecule has 0 spiro atoms. The molecule has 126 valence electrons. The van der Waals surface area contributed by atoms with E-state index in [-0.39, 0.29) is 11.5 Å². The van der Waals surface area contributed by atoms with Crippen LogP contribution in [0.4, 0.5) is 0 Å². The summed E-state index contributed by atoms with van der Waals surface area (Å²) in [5.74, 6) is 4.50. The third-order valence-corrected chi connectivity index (χ3v) is 7.21. The molecule has 4 bridgehead atoms. The topological polar surface area (TPSA) is 57.4 Å². The second kappa shape index (κ2) is 5.74. The van der Waals surface area contributed by atoms with Crippen molar-refractivity contribution in [2.24, 2.45) is 17.8 Å². The van der Waals surface area contributed by atoms with E-state index in [1.165, 1.54) is 38.5 Å². The molecule has 23 heavy (non-hydrogen) atoms. The van der Waals surface area contributed by atoms with Crippen LogP contribution in [-0.4, -0.2) is 35.5 Å². The summed E-state index contributed by atoms with van der Waals surface area (Å²) in [6.45, 7) is 1.20. The van der Waals surface area contributed by atoms with Crippen molar-refractivity contribution in [3.05, 3.63) is 5.89 Å². The minimum Gasteiger partial charge on any atom is -0.415 e. The Labute approximate surface area is 140 Å². The van der Waals surface area contributed by atoms with Gasteiger partial charge in [0.2, 0.25) is 5.89 Å². The molecule has 1 aromatic heterocycles. The van der Waals surface area contributed by atoms with Crippen LogP contribution >= 0.6 is 11.8 Å². The van der Waals surface area contributed by atoms with Gasteiger partial charge in [0.05, 0.1) is 12.7 Å². The van der Waals surface area contributed by atoms with Gasteiger partial charge in [0, 0.05) is 11.2 Å². The van der Waals surface area contributed by atoms with Gasteiger partial charge < -0.3 is 13.9 Å². The van der Waals surface area contributed by atoms with E-state index >= 15 is 0 Å². The van der Waals surface area contributed by atoms with E-state index in [0.29, 0.717) is 12.0 Å². The van der Waals surface area contributed by atoms with E-state index in [0.717, 1.165) is 42.4 Å². The van der Waals surface area contributed by atoms with Crippen LogP contribution in [0.3, 0.4) is 0 Å². The molecule has 6 rings (SSSR count). The van der Waals surface area contributed by atoms with Gasteiger partial charge in [0.25, 0.3) is 5.22 Å². The van der Waals surface area contributed by atoms with Crippen LogP contribution in [0.25, 0.3) is 0 Å². The number of nitrogens with zero attached hydrogens (tertiary/aromatic N) is 2. The molecule has 0 amide bonds. The molecule has 5 nitrogen and oxygen atoms in total. The van der Waals surface area contributed by atoms with Crippen molar-refractivity contribution < 1.29 is 13.9 Å². The largest absolute Gasteiger partial charge is 0.415 e. The van der Waals surface area contributed by atoms with Crippen LogP contribution in [-0.2, 0) is 14.9 Å². The highest BCUT2D eigenvalue weighted by atomic mass is 32.2. The third-order valence-electron chi connectivity index (χ3n) is 6.26. The van der Waals surface area contributed by atoms with Crippen molar-refractivity contribution in [3.63, 3.8) is 0 Å². The molecule has 0 unspecified atom stereocenters. The maximum atomic E-state index is 6.11. The molecule has 5 aliphatic rings. The second-order valence-electron chi connectivity index (χ2n) is 7.99. The van der Waals surface area contributed by atoms with E-state index < -0.39 is 0 Å². The van der Waals surface area contributed by atoms with Crippen LogP contribution in [0.5, 0.6) is 0 Å². The Hall–Kier alpha value is -0.590. The summed E-state index contributed by atoms with van der Waals surface area (Å²) in [7, 11) is 0. The van der Waals surface area contributed by atoms with Crippen LogP contribution in [0, 0.1) is 17.8 Å². The molecule has 1 atom stereocenters. The molecule has 2 heterocycles. The van der Waals surface area contributed by atoms with Crippen LogP contribution < -0.4 is 0 Å². The normalized spacial score (nSPS) is 42.3. The van der Waals surface area contributed by atoms with Gasteiger partial charge in [-0.25, -0.2) is 0 Å². The van der Waals surface area contributed by atoms with Crippen LogP contribution in [0.1, 0.15) is 50.8 Å². The average Bonchev–Trinajstić information content (AvgIpc) is 3.02. The number of ether oxygens (including phenoxy) is 2. The van der Waals surface area contributed by atoms with Gasteiger partial charge in [0.15, 0.2) is 0 Å². The first-order valence-corrected chi connectivity index (χ1v) is 9.94. The van der Waals surface area contributed by atoms with Gasteiger partial charge in [-0.15, -0.1) is 10.2 Å². The quantitative estimate of drug-likeness (QED) is 0.786. The maximum absolute atomic E-state index is 6.11. The Bertz CT molecular complexity index is 535. The molecule has 4 aliphatic carbocycles. The summed E-state index contributed by atoms with van der Waals surface area (Å²) < 4.78 is 16.9. The summed E-state index contributed by atoms with van der Waals surface area (Å²) in [5, 5.41) is 9.50. The summed E-state index contributed by atoms with van der Waals surface area (Å²) in [6.07, 6.45) is 9.33. The lowest BCUT2D eigenvalue weighted by atomic mass is 9.49. The Kier molecular flexibility index (Phi) is 3.68. The zero-order valence-corrected chi connectivity index (χ0v) is 14.2. The third kappa shape index (κ3) is 2.72. The predicted octanol–water partition coefficient (Wildman–Crippen LogP) is 3.39. The minimum atomic E-state index is 0.204. The van der Waals surface area contributed by atoms with Crippen molar-refractivity contribution in [1.82, 2.24) is 10.2 Å². The standard InChI is InChI=1S/C17H24N2O3S/c1-2-20-10-21-14(1)9-23-16-19-18-15(22-16)17-6-11-3-12(7-17)5-13(4-11)8-17/h11-14H,1-10H2/t11?,12?,13?,14-,17?/m1/s1. The van der Waals surface area contributed by atoms with Gasteiger partial charge in [-0.1, -0.05) is 11.8 Å². The van der Waals surface area contributed by atoms with Gasteiger partial charge in [-0.2, -0.15) is 0 Å². The lowest BCUT2D eigenvalue weighted by molar-refractivity contribution is -0.130. The molecule has 0 N–H and O–H groups in total. The summed E-state index contributed by atoms with van der Waals surface area (Å²) in [4.78, 5) is 0. The van der Waals surface area contributed by atoms with Gasteiger partial charge in [-0.3, -0.25) is 0 Å². The molecule has 1 saturated heterocycles. The highest BCUT2D eigenvalue weighted by Gasteiger charge is 2.54. The number of rotatable bonds is 4. The number of thioether (sulfide) groups is 1. The average molecular weight is 336 g/mol. The Morgan fingerprint density at radius 1 is 1.04 bits per heavy atom. The molecule has 0 aromatic carbocycles. The first kappa shape index (κ1) is 14.7. The highest BCUT2D eigenvalue weighted by Crippen LogP contribution is 2.60. The van der Waals surface area contributed by atoms with Crippen molar-refractivity contribution in [2.45, 2.75) is 61.7 Å². The van der Waals surface area contributed by atoms with Crippen molar-refractivity contribution in [2.75, 3.05) is 19.2 Å². The van der Waals surface area contributed by atoms with Gasteiger partial charge in [0.1, 0.15) is 6.79 Å². The lowest BCUT2D eigenvalue weighted by Gasteiger charge is -2.55. The molecular weight excluding hydrogens is 312 g/mol. The van der Waals surface area contributed by atoms with Crippen molar-refractivity contribution in [3.8, 4) is 0 Å². The monoisotopic (exact) mass is 336 g/mol. The van der Waals surface area contributed by atoms with Crippen LogP contribution in [0.2, 0.25) is 0 Å². The molecule has 4 saturated carbocycles. The molecule has 1 aromatic rings. The zero-order chi connectivity index (χ0) is 15.3. The summed E-state index contributed by atoms with van der Waals surface area (Å²) in [5.41, 5.74) is 0.204. The highest BCUT2D eigenvalue weighted by molar-refractivity contribution is 7.99. The van der Waals surface area contributed by atoms with E-state index in [1.54, 1.807) is 11.8 Å². The molecule has 6 heteroatoms. The first-order valence-electron chi connectivity index (χ1n) is 8.95. The van der Waals surface area contributed by atoms with Crippen molar-refractivity contribution in [1.29, 1.82) is 0 Å². The second-order valence-corrected chi connectivity index (χ2v) is 8.96. The van der Waals surface area contributed by atoms with Crippen LogP contribution in [0.15, 0.2) is 9.64 Å². The molecular formula is C17H24N2O3S. The molecule has 0 radical (unpaired) electrons. The zero-order valence-electron chi connectivity index (χ0n) is 13.4. The maximum Gasteiger partial charge on any atom is 0.276 e. The Morgan fingerprint density at radius 2 is 1.78 bits per heavy atom. The van der Waals surface area contributed by atoms with E-state index in [4.69, 9.17) is 13.9 Å². The fourth-order valence-corrected chi connectivity index (χ4v) is 6.48. The first-order chi connectivity index (χ1) is 11.3. The Morgan fingerprint density at radius 3 is 2.43 bits per heavy atom. The fourth-order valence-electron chi connectivity index (χ4n) is 5.65.